The summed E-state index contributed by atoms with van der Waals surface area (Å²) in [7, 11) is 4.18. The first-order valence-electron chi connectivity index (χ1n) is 8.24. The highest BCUT2D eigenvalue weighted by Crippen LogP contribution is 2.38. The molecular formula is C18H26N4S. The first-order chi connectivity index (χ1) is 10.9. The molecule has 0 saturated carbocycles. The fourth-order valence-corrected chi connectivity index (χ4v) is 3.92. The minimum Gasteiger partial charge on any atom is -0.378 e. The van der Waals surface area contributed by atoms with E-state index in [1.165, 1.54) is 35.6 Å². The summed E-state index contributed by atoms with van der Waals surface area (Å²) in [6, 6.07) is 9.26. The van der Waals surface area contributed by atoms with Crippen LogP contribution in [0.4, 0.5) is 10.8 Å². The van der Waals surface area contributed by atoms with E-state index in [4.69, 9.17) is 4.98 Å². The van der Waals surface area contributed by atoms with Gasteiger partial charge in [0.15, 0.2) is 0 Å². The third-order valence-corrected chi connectivity index (χ3v) is 5.11. The molecule has 1 atom stereocenters. The minimum absolute atomic E-state index is 0.00874. The van der Waals surface area contributed by atoms with Crippen LogP contribution in [0, 0.1) is 0 Å². The maximum atomic E-state index is 4.82. The Labute approximate surface area is 143 Å². The van der Waals surface area contributed by atoms with Crippen LogP contribution in [0.2, 0.25) is 0 Å². The first-order valence-corrected chi connectivity index (χ1v) is 9.02. The zero-order valence-electron chi connectivity index (χ0n) is 14.7. The zero-order chi connectivity index (χ0) is 16.6. The number of hydrogen-bond acceptors (Lipinski definition) is 5. The van der Waals surface area contributed by atoms with E-state index in [0.29, 0.717) is 6.04 Å². The molecule has 0 N–H and O–H groups in total. The van der Waals surface area contributed by atoms with Crippen molar-refractivity contribution in [2.75, 3.05) is 30.4 Å². The highest BCUT2D eigenvalue weighted by molar-refractivity contribution is 7.09. The molecule has 3 rings (SSSR count). The molecule has 1 aliphatic heterocycles. The molecule has 5 heteroatoms. The van der Waals surface area contributed by atoms with Gasteiger partial charge in [0, 0.05) is 43.3 Å². The molecule has 124 valence electrons. The predicted molar refractivity (Wildman–Crippen MR) is 98.7 cm³/mol. The molecule has 1 aromatic heterocycles. The second kappa shape index (κ2) is 6.11. The SMILES string of the molecule is CN(C)c1cccc(C2CCCN2c2nc(C(C)(C)C)ns2)c1. The Morgan fingerprint density at radius 2 is 2.04 bits per heavy atom. The van der Waals surface area contributed by atoms with E-state index in [1.807, 2.05) is 0 Å². The molecule has 2 heterocycles. The summed E-state index contributed by atoms with van der Waals surface area (Å²) in [5, 5.41) is 1.06. The Bertz CT molecular complexity index is 672. The van der Waals surface area contributed by atoms with Gasteiger partial charge in [-0.3, -0.25) is 0 Å². The van der Waals surface area contributed by atoms with Crippen molar-refractivity contribution in [3.63, 3.8) is 0 Å². The van der Waals surface area contributed by atoms with Crippen molar-refractivity contribution in [1.82, 2.24) is 9.36 Å². The summed E-state index contributed by atoms with van der Waals surface area (Å²) in [6.45, 7) is 7.57. The van der Waals surface area contributed by atoms with E-state index in [1.54, 1.807) is 0 Å². The topological polar surface area (TPSA) is 32.3 Å². The van der Waals surface area contributed by atoms with Gasteiger partial charge in [-0.2, -0.15) is 4.37 Å². The van der Waals surface area contributed by atoms with Crippen molar-refractivity contribution in [3.8, 4) is 0 Å². The number of hydrogen-bond donors (Lipinski definition) is 0. The lowest BCUT2D eigenvalue weighted by Crippen LogP contribution is -2.23. The molecule has 0 spiro atoms. The van der Waals surface area contributed by atoms with Gasteiger partial charge in [0.25, 0.3) is 0 Å². The van der Waals surface area contributed by atoms with Crippen molar-refractivity contribution in [2.45, 2.75) is 45.1 Å². The van der Waals surface area contributed by atoms with Crippen LogP contribution >= 0.6 is 11.5 Å². The van der Waals surface area contributed by atoms with Gasteiger partial charge in [-0.25, -0.2) is 4.98 Å². The molecule has 0 bridgehead atoms. The van der Waals surface area contributed by atoms with Gasteiger partial charge in [-0.05, 0) is 30.5 Å². The van der Waals surface area contributed by atoms with Crippen LogP contribution in [0.1, 0.15) is 51.0 Å². The fourth-order valence-electron chi connectivity index (χ4n) is 2.99. The van der Waals surface area contributed by atoms with Crippen molar-refractivity contribution >= 4 is 22.4 Å². The van der Waals surface area contributed by atoms with Crippen molar-refractivity contribution in [1.29, 1.82) is 0 Å². The summed E-state index contributed by atoms with van der Waals surface area (Å²) < 4.78 is 4.59. The monoisotopic (exact) mass is 330 g/mol. The van der Waals surface area contributed by atoms with Gasteiger partial charge in [0.05, 0.1) is 6.04 Å². The number of rotatable bonds is 3. The number of anilines is 2. The molecule has 1 unspecified atom stereocenters. The van der Waals surface area contributed by atoms with Gasteiger partial charge < -0.3 is 9.80 Å². The van der Waals surface area contributed by atoms with Crippen molar-refractivity contribution in [3.05, 3.63) is 35.7 Å². The highest BCUT2D eigenvalue weighted by atomic mass is 32.1. The molecule has 1 aromatic carbocycles. The number of nitrogens with zero attached hydrogens (tertiary/aromatic N) is 4. The number of aromatic nitrogens is 2. The first kappa shape index (κ1) is 16.2. The van der Waals surface area contributed by atoms with Crippen LogP contribution < -0.4 is 9.80 Å². The normalized spacial score (nSPS) is 18.5. The van der Waals surface area contributed by atoms with Crippen molar-refractivity contribution in [2.24, 2.45) is 0 Å². The molecular weight excluding hydrogens is 304 g/mol. The lowest BCUT2D eigenvalue weighted by molar-refractivity contribution is 0.553. The van der Waals surface area contributed by atoms with E-state index < -0.39 is 0 Å². The quantitative estimate of drug-likeness (QED) is 0.842. The third kappa shape index (κ3) is 3.34. The standard InChI is InChI=1S/C18H26N4S/c1-18(2,3)16-19-17(23-20-16)22-11-7-10-15(22)13-8-6-9-14(12-13)21(4)5/h6,8-9,12,15H,7,10-11H2,1-5H3. The molecule has 23 heavy (non-hydrogen) atoms. The highest BCUT2D eigenvalue weighted by Gasteiger charge is 2.30. The lowest BCUT2D eigenvalue weighted by atomic mass is 9.96. The van der Waals surface area contributed by atoms with Gasteiger partial charge in [0.2, 0.25) is 5.13 Å². The molecule has 0 aliphatic carbocycles. The minimum atomic E-state index is 0.00874. The second-order valence-corrected chi connectivity index (χ2v) is 8.22. The molecule has 0 radical (unpaired) electrons. The van der Waals surface area contributed by atoms with Gasteiger partial charge in [-0.15, -0.1) is 0 Å². The van der Waals surface area contributed by atoms with Gasteiger partial charge >= 0.3 is 0 Å². The summed E-state index contributed by atoms with van der Waals surface area (Å²) in [5.41, 5.74) is 2.64. The molecule has 4 nitrogen and oxygen atoms in total. The maximum absolute atomic E-state index is 4.82. The van der Waals surface area contributed by atoms with E-state index in [2.05, 4.69) is 73.3 Å². The molecule has 2 aromatic rings. The summed E-state index contributed by atoms with van der Waals surface area (Å²) in [5.74, 6) is 0.949. The molecule has 0 amide bonds. The van der Waals surface area contributed by atoms with Crippen LogP contribution in [0.25, 0.3) is 0 Å². The van der Waals surface area contributed by atoms with E-state index >= 15 is 0 Å². The Hall–Kier alpha value is -1.62. The Kier molecular flexibility index (Phi) is 4.32. The molecule has 1 saturated heterocycles. The van der Waals surface area contributed by atoms with Crippen LogP contribution in [0.3, 0.4) is 0 Å². The van der Waals surface area contributed by atoms with E-state index in [-0.39, 0.29) is 5.41 Å². The van der Waals surface area contributed by atoms with Crippen LogP contribution in [0.15, 0.2) is 24.3 Å². The number of benzene rings is 1. The summed E-state index contributed by atoms with van der Waals surface area (Å²) in [4.78, 5) is 9.41. The second-order valence-electron chi connectivity index (χ2n) is 7.49. The largest absolute Gasteiger partial charge is 0.378 e. The van der Waals surface area contributed by atoms with Gasteiger partial charge in [0.1, 0.15) is 5.82 Å². The van der Waals surface area contributed by atoms with Crippen LogP contribution in [-0.2, 0) is 5.41 Å². The van der Waals surface area contributed by atoms with Crippen molar-refractivity contribution < 1.29 is 0 Å². The molecule has 1 fully saturated rings. The molecule has 1 aliphatic rings. The maximum Gasteiger partial charge on any atom is 0.205 e. The fraction of sp³-hybridized carbons (Fsp3) is 0.556. The zero-order valence-corrected chi connectivity index (χ0v) is 15.5. The van der Waals surface area contributed by atoms with Crippen LogP contribution in [-0.4, -0.2) is 30.0 Å². The predicted octanol–water partition coefficient (Wildman–Crippen LogP) is 4.24. The third-order valence-electron chi connectivity index (χ3n) is 4.36. The Morgan fingerprint density at radius 1 is 1.26 bits per heavy atom. The Morgan fingerprint density at radius 3 is 2.70 bits per heavy atom. The average Bonchev–Trinajstić information content (AvgIpc) is 3.15. The average molecular weight is 331 g/mol. The summed E-state index contributed by atoms with van der Waals surface area (Å²) >= 11 is 1.54. The van der Waals surface area contributed by atoms with E-state index in [9.17, 15) is 0 Å². The van der Waals surface area contributed by atoms with Crippen LogP contribution in [0.5, 0.6) is 0 Å². The summed E-state index contributed by atoms with van der Waals surface area (Å²) in [6.07, 6.45) is 2.39. The van der Waals surface area contributed by atoms with Gasteiger partial charge in [-0.1, -0.05) is 32.9 Å². The Balaban J connectivity index is 1.88. The van der Waals surface area contributed by atoms with E-state index in [0.717, 1.165) is 17.5 Å². The smallest absolute Gasteiger partial charge is 0.205 e. The lowest BCUT2D eigenvalue weighted by Gasteiger charge is -2.25.